The van der Waals surface area contributed by atoms with Gasteiger partial charge in [-0.2, -0.15) is 5.26 Å². The highest BCUT2D eigenvalue weighted by atomic mass is 16.5. The van der Waals surface area contributed by atoms with Crippen molar-refractivity contribution in [3.63, 3.8) is 0 Å². The topological polar surface area (TPSA) is 113 Å². The number of esters is 2. The molecule has 7 nitrogen and oxygen atoms in total. The van der Waals surface area contributed by atoms with Crippen LogP contribution in [0.1, 0.15) is 6.92 Å². The van der Waals surface area contributed by atoms with E-state index in [2.05, 4.69) is 14.3 Å². The minimum absolute atomic E-state index is 0.224. The Bertz CT molecular complexity index is 388. The Kier molecular flexibility index (Phi) is 6.70. The normalized spacial score (nSPS) is 9.00. The molecule has 0 radical (unpaired) electrons. The number of nitriles is 1. The summed E-state index contributed by atoms with van der Waals surface area (Å²) in [6, 6.07) is 1.33. The van der Waals surface area contributed by atoms with Gasteiger partial charge in [-0.3, -0.25) is 0 Å². The molecule has 0 aliphatic heterocycles. The third kappa shape index (κ3) is 5.32. The summed E-state index contributed by atoms with van der Waals surface area (Å²) < 4.78 is 9.02. The van der Waals surface area contributed by atoms with Crippen molar-refractivity contribution < 1.29 is 23.9 Å². The van der Waals surface area contributed by atoms with Gasteiger partial charge in [0.15, 0.2) is 6.07 Å². The molecule has 16 heavy (non-hydrogen) atoms. The van der Waals surface area contributed by atoms with Crippen molar-refractivity contribution in [2.24, 2.45) is 0 Å². The fourth-order valence-electron chi connectivity index (χ4n) is 0.636. The number of carbonyl (C=O) groups excluding carboxylic acids is 2. The van der Waals surface area contributed by atoms with Gasteiger partial charge in [-0.25, -0.2) is 9.59 Å². The first-order valence-corrected chi connectivity index (χ1v) is 4.28. The summed E-state index contributed by atoms with van der Waals surface area (Å²) in [6.07, 6.45) is 2.32. The minimum atomic E-state index is -1.07. The van der Waals surface area contributed by atoms with Gasteiger partial charge in [0.25, 0.3) is 0 Å². The second-order valence-corrected chi connectivity index (χ2v) is 2.31. The van der Waals surface area contributed by atoms with Gasteiger partial charge in [0.1, 0.15) is 6.61 Å². The number of hydrogen-bond donors (Lipinski definition) is 0. The minimum Gasteiger partial charge on any atom is -0.463 e. The van der Waals surface area contributed by atoms with Crippen LogP contribution in [-0.2, 0) is 19.1 Å². The van der Waals surface area contributed by atoms with E-state index < -0.39 is 17.7 Å². The third-order valence-electron chi connectivity index (χ3n) is 1.25. The van der Waals surface area contributed by atoms with Crippen LogP contribution in [0.5, 0.6) is 0 Å². The first-order valence-electron chi connectivity index (χ1n) is 4.28. The van der Waals surface area contributed by atoms with E-state index in [0.717, 1.165) is 6.08 Å². The third-order valence-corrected chi connectivity index (χ3v) is 1.25. The molecule has 0 unspecified atom stereocenters. The zero-order valence-electron chi connectivity index (χ0n) is 8.54. The molecule has 0 aromatic rings. The van der Waals surface area contributed by atoms with E-state index in [-0.39, 0.29) is 13.2 Å². The van der Waals surface area contributed by atoms with Crippen LogP contribution in [0.25, 0.3) is 5.53 Å². The lowest BCUT2D eigenvalue weighted by Gasteiger charge is -1.95. The van der Waals surface area contributed by atoms with E-state index in [1.165, 1.54) is 12.1 Å². The van der Waals surface area contributed by atoms with E-state index in [9.17, 15) is 9.59 Å². The van der Waals surface area contributed by atoms with Gasteiger partial charge in [0, 0.05) is 6.08 Å². The molecule has 0 aromatic carbocycles. The molecule has 0 rings (SSSR count). The molecule has 7 heteroatoms. The van der Waals surface area contributed by atoms with E-state index >= 15 is 0 Å². The predicted molar refractivity (Wildman–Crippen MR) is 51.0 cm³/mol. The summed E-state index contributed by atoms with van der Waals surface area (Å²) in [6.45, 7) is 1.68. The van der Waals surface area contributed by atoms with Gasteiger partial charge in [-0.05, 0) is 13.0 Å². The van der Waals surface area contributed by atoms with Crippen molar-refractivity contribution in [2.75, 3.05) is 13.2 Å². The largest absolute Gasteiger partial charge is 0.475 e. The van der Waals surface area contributed by atoms with Gasteiger partial charge in [0.05, 0.1) is 6.61 Å². The molecule has 0 N–H and O–H groups in total. The smallest absolute Gasteiger partial charge is 0.463 e. The number of hydrogen-bond acceptors (Lipinski definition) is 5. The summed E-state index contributed by atoms with van der Waals surface area (Å²) in [5.74, 6) is -1.63. The zero-order valence-corrected chi connectivity index (χ0v) is 8.54. The Hall–Kier alpha value is -2.45. The van der Waals surface area contributed by atoms with E-state index in [1.54, 1.807) is 6.92 Å². The van der Waals surface area contributed by atoms with Crippen LogP contribution < -0.4 is 0 Å². The molecule has 0 spiro atoms. The molecule has 0 amide bonds. The van der Waals surface area contributed by atoms with E-state index in [1.807, 2.05) is 0 Å². The van der Waals surface area contributed by atoms with Crippen molar-refractivity contribution in [2.45, 2.75) is 6.92 Å². The predicted octanol–water partition coefficient (Wildman–Crippen LogP) is -0.157. The molecule has 0 aromatic heterocycles. The maximum atomic E-state index is 10.9. The Balaban J connectivity index is 4.01. The standard InChI is InChI=1S/C9H9N3O4/c1-2-15-8(13)4-3-5-16-9(14)7(6-10)12-11/h3-4H,2,5H2,1H3/b4-3+. The van der Waals surface area contributed by atoms with Crippen molar-refractivity contribution in [1.29, 1.82) is 5.26 Å². The number of rotatable bonds is 5. The molecule has 0 saturated heterocycles. The molecule has 0 fully saturated rings. The Labute approximate surface area is 91.5 Å². The number of nitrogens with zero attached hydrogens (tertiary/aromatic N) is 3. The quantitative estimate of drug-likeness (QED) is 0.211. The first kappa shape index (κ1) is 13.5. The van der Waals surface area contributed by atoms with Gasteiger partial charge in [0.2, 0.25) is 0 Å². The van der Waals surface area contributed by atoms with E-state index in [0.29, 0.717) is 0 Å². The van der Waals surface area contributed by atoms with E-state index in [4.69, 9.17) is 10.8 Å². The Morgan fingerprint density at radius 3 is 2.69 bits per heavy atom. The summed E-state index contributed by atoms with van der Waals surface area (Å²) >= 11 is 0. The maximum absolute atomic E-state index is 10.9. The summed E-state index contributed by atoms with van der Waals surface area (Å²) in [5.41, 5.74) is 7.42. The number of ether oxygens (including phenoxy) is 2. The summed E-state index contributed by atoms with van der Waals surface area (Å²) in [7, 11) is 0. The molecule has 0 atom stereocenters. The monoisotopic (exact) mass is 223 g/mol. The first-order chi connectivity index (χ1) is 7.65. The van der Waals surface area contributed by atoms with Crippen LogP contribution in [0, 0.1) is 11.3 Å². The molecular weight excluding hydrogens is 214 g/mol. The second-order valence-electron chi connectivity index (χ2n) is 2.31. The lowest BCUT2D eigenvalue weighted by atomic mass is 10.4. The van der Waals surface area contributed by atoms with Crippen molar-refractivity contribution in [3.05, 3.63) is 17.7 Å². The molecule has 0 bridgehead atoms. The van der Waals surface area contributed by atoms with Crippen molar-refractivity contribution >= 4 is 17.7 Å². The fraction of sp³-hybridized carbons (Fsp3) is 0.333. The summed E-state index contributed by atoms with van der Waals surface area (Å²) in [5, 5.41) is 8.28. The van der Waals surface area contributed by atoms with Gasteiger partial charge in [-0.15, -0.1) is 4.79 Å². The van der Waals surface area contributed by atoms with Crippen LogP contribution in [0.2, 0.25) is 0 Å². The number of carbonyl (C=O) groups is 2. The SMILES string of the molecule is CCOC(=O)/C=C/COC(=O)C(C#N)=[N+]=[N-]. The van der Waals surface area contributed by atoms with Crippen molar-refractivity contribution in [3.8, 4) is 6.07 Å². The molecule has 0 aliphatic carbocycles. The van der Waals surface area contributed by atoms with Crippen LogP contribution in [0.3, 0.4) is 0 Å². The van der Waals surface area contributed by atoms with Crippen LogP contribution in [0.4, 0.5) is 0 Å². The Morgan fingerprint density at radius 2 is 2.19 bits per heavy atom. The van der Waals surface area contributed by atoms with Crippen LogP contribution in [0.15, 0.2) is 12.2 Å². The molecular formula is C9H9N3O4. The highest BCUT2D eigenvalue weighted by Gasteiger charge is 2.20. The molecule has 0 saturated carbocycles. The lowest BCUT2D eigenvalue weighted by molar-refractivity contribution is -0.139. The average molecular weight is 223 g/mol. The highest BCUT2D eigenvalue weighted by Crippen LogP contribution is 1.85. The fourth-order valence-corrected chi connectivity index (χ4v) is 0.636. The highest BCUT2D eigenvalue weighted by molar-refractivity contribution is 6.40. The molecule has 0 aliphatic rings. The van der Waals surface area contributed by atoms with Crippen molar-refractivity contribution in [1.82, 2.24) is 0 Å². The van der Waals surface area contributed by atoms with Gasteiger partial charge < -0.3 is 15.0 Å². The lowest BCUT2D eigenvalue weighted by Crippen LogP contribution is -2.16. The Morgan fingerprint density at radius 1 is 1.50 bits per heavy atom. The molecule has 84 valence electrons. The van der Waals surface area contributed by atoms with Gasteiger partial charge >= 0.3 is 17.7 Å². The second kappa shape index (κ2) is 7.91. The average Bonchev–Trinajstić information content (AvgIpc) is 2.26. The maximum Gasteiger partial charge on any atom is 0.475 e. The van der Waals surface area contributed by atoms with Crippen LogP contribution in [-0.4, -0.2) is 35.7 Å². The van der Waals surface area contributed by atoms with Crippen LogP contribution >= 0.6 is 0 Å². The molecule has 0 heterocycles. The summed E-state index contributed by atoms with van der Waals surface area (Å²) in [4.78, 5) is 24.1. The van der Waals surface area contributed by atoms with Gasteiger partial charge in [-0.1, -0.05) is 0 Å². The zero-order chi connectivity index (χ0) is 12.4.